The van der Waals surface area contributed by atoms with Crippen molar-refractivity contribution in [3.63, 3.8) is 0 Å². The standard InChI is InChI=1S/C48H57N3O8S2/c1-34-11-19-42-40(31-34)47(2,3)44(50(42)23-25-57-29-27-55-6)21-12-35-9-8-10-36(46(35)59-38-16-14-37(15-17-38)49-33-60)13-22-45-48(4,5)41-32-39(61(52,53)54)18-20-43(41)51(45)24-26-58-30-28-56-7/h11-20,22,31-32H,8-10,23-30H2,1-7H3,(H,52,53,54)/p-1. The van der Waals surface area contributed by atoms with E-state index in [0.29, 0.717) is 64.2 Å². The minimum atomic E-state index is -4.66. The number of anilines is 2. The molecule has 61 heavy (non-hydrogen) atoms. The van der Waals surface area contributed by atoms with Crippen LogP contribution in [-0.4, -0.2) is 85.1 Å². The van der Waals surface area contributed by atoms with Gasteiger partial charge in [-0.3, -0.25) is 0 Å². The molecule has 0 fully saturated rings. The van der Waals surface area contributed by atoms with E-state index in [2.05, 4.69) is 82.9 Å². The number of fused-ring (bicyclic) bond motifs is 2. The summed E-state index contributed by atoms with van der Waals surface area (Å²) in [6.07, 6.45) is 8.70. The van der Waals surface area contributed by atoms with Gasteiger partial charge in [0.1, 0.15) is 21.6 Å². The second-order valence-corrected chi connectivity index (χ2v) is 17.9. The Labute approximate surface area is 366 Å². The fraction of sp³-hybridized carbons (Fsp3) is 0.417. The van der Waals surface area contributed by atoms with Crippen LogP contribution in [0.3, 0.4) is 0 Å². The first kappa shape index (κ1) is 45.9. The highest BCUT2D eigenvalue weighted by atomic mass is 32.2. The van der Waals surface area contributed by atoms with E-state index in [1.807, 2.05) is 38.1 Å². The number of hydrogen-bond donors (Lipinski definition) is 0. The van der Waals surface area contributed by atoms with Gasteiger partial charge in [-0.1, -0.05) is 43.4 Å². The molecule has 0 radical (unpaired) electrons. The van der Waals surface area contributed by atoms with Gasteiger partial charge in [0.2, 0.25) is 0 Å². The van der Waals surface area contributed by atoms with Gasteiger partial charge in [0.25, 0.3) is 0 Å². The smallest absolute Gasteiger partial charge is 0.134 e. The molecular weight excluding hydrogens is 811 g/mol. The molecule has 324 valence electrons. The summed E-state index contributed by atoms with van der Waals surface area (Å²) >= 11 is 4.83. The number of allylic oxidation sites excluding steroid dienone is 6. The lowest BCUT2D eigenvalue weighted by Crippen LogP contribution is -2.29. The third-order valence-corrected chi connectivity index (χ3v) is 12.4. The van der Waals surface area contributed by atoms with Gasteiger partial charge in [0, 0.05) is 60.8 Å². The zero-order valence-electron chi connectivity index (χ0n) is 36.2. The second kappa shape index (κ2) is 20.0. The van der Waals surface area contributed by atoms with Crippen molar-refractivity contribution in [2.24, 2.45) is 4.99 Å². The molecule has 0 bridgehead atoms. The quantitative estimate of drug-likeness (QED) is 0.0400. The number of nitrogens with zero attached hydrogens (tertiary/aromatic N) is 3. The first-order valence-corrected chi connectivity index (χ1v) is 22.4. The van der Waals surface area contributed by atoms with Crippen LogP contribution < -0.4 is 14.5 Å². The monoisotopic (exact) mass is 866 g/mol. The van der Waals surface area contributed by atoms with Crippen LogP contribution in [0.1, 0.15) is 63.6 Å². The third-order valence-electron chi connectivity index (χ3n) is 11.4. The van der Waals surface area contributed by atoms with Crippen LogP contribution in [0.4, 0.5) is 17.1 Å². The van der Waals surface area contributed by atoms with Crippen molar-refractivity contribution < 1.29 is 36.7 Å². The number of hydrogen-bond acceptors (Lipinski definition) is 12. The van der Waals surface area contributed by atoms with Crippen LogP contribution in [0.25, 0.3) is 0 Å². The Morgan fingerprint density at radius 3 is 2.10 bits per heavy atom. The number of benzene rings is 3. The lowest BCUT2D eigenvalue weighted by Gasteiger charge is -2.27. The molecule has 3 aromatic carbocycles. The summed E-state index contributed by atoms with van der Waals surface area (Å²) in [5, 5.41) is 2.42. The van der Waals surface area contributed by atoms with E-state index in [-0.39, 0.29) is 10.3 Å². The molecule has 0 saturated heterocycles. The number of aliphatic imine (C=N–C) groups is 1. The van der Waals surface area contributed by atoms with Crippen LogP contribution in [0.2, 0.25) is 0 Å². The molecule has 11 nitrogen and oxygen atoms in total. The number of ether oxygens (including phenoxy) is 5. The third kappa shape index (κ3) is 10.5. The SMILES string of the molecule is COCCOCCN1C(=C=CC2=C(Oc3ccc(N=C=S)cc3)C(=CC=C3N(CCOCCOC)c4ccc(S(=O)(=O)[O-])cc4C3(C)C)CCC2)C(C)(C)c2cc(C)ccc21. The average molecular weight is 867 g/mol. The summed E-state index contributed by atoms with van der Waals surface area (Å²) in [6, 6.07) is 18.6. The largest absolute Gasteiger partial charge is 0.744 e. The molecule has 3 aromatic rings. The number of rotatable bonds is 18. The molecule has 13 heteroatoms. The molecule has 0 saturated carbocycles. The highest BCUT2D eigenvalue weighted by Gasteiger charge is 2.41. The second-order valence-electron chi connectivity index (χ2n) is 16.3. The van der Waals surface area contributed by atoms with E-state index in [1.54, 1.807) is 20.3 Å². The van der Waals surface area contributed by atoms with Gasteiger partial charge in [-0.2, -0.15) is 4.99 Å². The molecule has 1 aliphatic carbocycles. The Morgan fingerprint density at radius 2 is 1.44 bits per heavy atom. The zero-order valence-corrected chi connectivity index (χ0v) is 37.8. The number of thiocarbonyl (C=S) groups is 1. The van der Waals surface area contributed by atoms with Crippen LogP contribution in [0, 0.1) is 6.92 Å². The molecule has 0 atom stereocenters. The lowest BCUT2D eigenvalue weighted by atomic mass is 9.83. The van der Waals surface area contributed by atoms with Gasteiger partial charge in [-0.25, -0.2) is 8.42 Å². The Kier molecular flexibility index (Phi) is 15.1. The van der Waals surface area contributed by atoms with Crippen molar-refractivity contribution in [1.29, 1.82) is 0 Å². The Morgan fingerprint density at radius 1 is 0.803 bits per heavy atom. The maximum absolute atomic E-state index is 12.1. The molecule has 6 rings (SSSR count). The summed E-state index contributed by atoms with van der Waals surface area (Å²) in [6.45, 7) is 14.8. The minimum absolute atomic E-state index is 0.255. The zero-order chi connectivity index (χ0) is 43.8. The van der Waals surface area contributed by atoms with E-state index >= 15 is 0 Å². The minimum Gasteiger partial charge on any atom is -0.744 e. The van der Waals surface area contributed by atoms with Gasteiger partial charge in [0.05, 0.1) is 61.1 Å². The highest BCUT2D eigenvalue weighted by Crippen LogP contribution is 2.50. The molecule has 0 spiro atoms. The number of isothiocyanates is 1. The molecule has 3 aliphatic rings. The fourth-order valence-corrected chi connectivity index (χ4v) is 8.84. The first-order valence-electron chi connectivity index (χ1n) is 20.6. The van der Waals surface area contributed by atoms with Crippen LogP contribution in [-0.2, 0) is 39.9 Å². The normalized spacial score (nSPS) is 18.0. The van der Waals surface area contributed by atoms with E-state index < -0.39 is 15.5 Å². The lowest BCUT2D eigenvalue weighted by molar-refractivity contribution is 0.0744. The van der Waals surface area contributed by atoms with Crippen LogP contribution in [0.5, 0.6) is 5.75 Å². The first-order chi connectivity index (χ1) is 29.2. The maximum Gasteiger partial charge on any atom is 0.134 e. The maximum atomic E-state index is 12.1. The van der Waals surface area contributed by atoms with Gasteiger partial charge in [-0.05, 0) is 130 Å². The summed E-state index contributed by atoms with van der Waals surface area (Å²) < 4.78 is 65.5. The van der Waals surface area contributed by atoms with E-state index in [9.17, 15) is 13.0 Å². The van der Waals surface area contributed by atoms with E-state index in [4.69, 9.17) is 35.9 Å². The molecule has 2 heterocycles. The number of aryl methyl sites for hydroxylation is 1. The van der Waals surface area contributed by atoms with Crippen molar-refractivity contribution in [3.8, 4) is 5.75 Å². The summed E-state index contributed by atoms with van der Waals surface area (Å²) in [7, 11) is -1.36. The number of methoxy groups -OCH3 is 2. The van der Waals surface area contributed by atoms with Crippen LogP contribution >= 0.6 is 12.2 Å². The molecule has 0 unspecified atom stereocenters. The van der Waals surface area contributed by atoms with E-state index in [0.717, 1.165) is 64.5 Å². The molecular formula is C48H56N3O8S2-. The van der Waals surface area contributed by atoms with Crippen molar-refractivity contribution in [2.75, 3.05) is 76.8 Å². The van der Waals surface area contributed by atoms with Crippen LogP contribution in [0.15, 0.2) is 123 Å². The molecule has 0 N–H and O–H groups in total. The van der Waals surface area contributed by atoms with Gasteiger partial charge in [-0.15, -0.1) is 0 Å². The summed E-state index contributed by atoms with van der Waals surface area (Å²) in [5.74, 6) is 1.38. The van der Waals surface area contributed by atoms with Gasteiger partial charge >= 0.3 is 0 Å². The van der Waals surface area contributed by atoms with Crippen molar-refractivity contribution in [1.82, 2.24) is 0 Å². The molecule has 0 aromatic heterocycles. The van der Waals surface area contributed by atoms with E-state index in [1.165, 1.54) is 23.3 Å². The predicted octanol–water partition coefficient (Wildman–Crippen LogP) is 9.22. The highest BCUT2D eigenvalue weighted by molar-refractivity contribution is 7.85. The topological polar surface area (TPSA) is 122 Å². The summed E-state index contributed by atoms with van der Waals surface area (Å²) in [4.78, 5) is 8.31. The predicted molar refractivity (Wildman–Crippen MR) is 242 cm³/mol. The average Bonchev–Trinajstić information content (AvgIpc) is 3.57. The molecule has 0 amide bonds. The Hall–Kier alpha value is -4.65. The fourth-order valence-electron chi connectivity index (χ4n) is 8.24. The van der Waals surface area contributed by atoms with Gasteiger partial charge in [0.15, 0.2) is 0 Å². The Balaban J connectivity index is 1.46. The molecule has 2 aliphatic heterocycles. The van der Waals surface area contributed by atoms with Gasteiger partial charge < -0.3 is 38.0 Å². The Bertz CT molecular complexity index is 2400. The summed E-state index contributed by atoms with van der Waals surface area (Å²) in [5.41, 5.74) is 12.6. The van der Waals surface area contributed by atoms with Crippen molar-refractivity contribution >= 4 is 44.6 Å². The van der Waals surface area contributed by atoms with Crippen molar-refractivity contribution in [2.45, 2.75) is 69.6 Å². The van der Waals surface area contributed by atoms with Crippen molar-refractivity contribution in [3.05, 3.63) is 130 Å².